The van der Waals surface area contributed by atoms with Crippen molar-refractivity contribution in [1.29, 1.82) is 0 Å². The molecule has 10 heavy (non-hydrogen) atoms. The molecule has 0 saturated carbocycles. The van der Waals surface area contributed by atoms with E-state index in [1.165, 1.54) is 14.2 Å². The summed E-state index contributed by atoms with van der Waals surface area (Å²) in [4.78, 5) is 19.1. The van der Waals surface area contributed by atoms with Gasteiger partial charge in [0.1, 0.15) is 12.2 Å². The van der Waals surface area contributed by atoms with E-state index in [-0.39, 0.29) is 12.2 Å². The average Bonchev–Trinajstić information content (AvgIpc) is 1.88. The van der Waals surface area contributed by atoms with Crippen LogP contribution in [-0.2, 0) is 19.3 Å². The first-order valence-corrected chi connectivity index (χ1v) is 2.66. The first-order chi connectivity index (χ1) is 4.70. The Kier molecular flexibility index (Phi) is 4.32. The lowest BCUT2D eigenvalue weighted by Crippen LogP contribution is -2.02. The van der Waals surface area contributed by atoms with Crippen molar-refractivity contribution in [3.05, 3.63) is 12.3 Å². The molecule has 0 aliphatic carbocycles. The van der Waals surface area contributed by atoms with Crippen molar-refractivity contribution < 1.29 is 19.3 Å². The zero-order chi connectivity index (χ0) is 7.98. The third-order valence-corrected chi connectivity index (χ3v) is 0.770. The number of carbonyl (C=O) groups is 1. The molecule has 0 rings (SSSR count). The SMILES string of the molecule is C=C(CC(=O)OC)OOC. The van der Waals surface area contributed by atoms with Gasteiger partial charge in [0.2, 0.25) is 0 Å². The molecular weight excluding hydrogens is 136 g/mol. The molecule has 0 aromatic rings. The summed E-state index contributed by atoms with van der Waals surface area (Å²) in [6.45, 7) is 3.38. The van der Waals surface area contributed by atoms with E-state index in [2.05, 4.69) is 21.1 Å². The van der Waals surface area contributed by atoms with E-state index >= 15 is 0 Å². The molecular formula is C6H10O4. The summed E-state index contributed by atoms with van der Waals surface area (Å²) in [6, 6.07) is 0. The minimum atomic E-state index is -0.401. The summed E-state index contributed by atoms with van der Waals surface area (Å²) in [7, 11) is 2.63. The normalized spacial score (nSPS) is 8.60. The van der Waals surface area contributed by atoms with Gasteiger partial charge in [0, 0.05) is 0 Å². The molecule has 0 unspecified atom stereocenters. The Labute approximate surface area is 59.3 Å². The summed E-state index contributed by atoms with van der Waals surface area (Å²) in [5.74, 6) is -0.170. The number of methoxy groups -OCH3 is 1. The molecule has 0 aliphatic rings. The Bertz CT molecular complexity index is 130. The largest absolute Gasteiger partial charge is 0.469 e. The molecule has 58 valence electrons. The van der Waals surface area contributed by atoms with Gasteiger partial charge in [0.15, 0.2) is 0 Å². The maximum Gasteiger partial charge on any atom is 0.313 e. The molecule has 0 N–H and O–H groups in total. The molecule has 0 atom stereocenters. The Morgan fingerprint density at radius 1 is 1.50 bits per heavy atom. The highest BCUT2D eigenvalue weighted by molar-refractivity contribution is 5.71. The van der Waals surface area contributed by atoms with Crippen LogP contribution in [0.15, 0.2) is 12.3 Å². The van der Waals surface area contributed by atoms with Crippen molar-refractivity contribution in [3.63, 3.8) is 0 Å². The number of ether oxygens (including phenoxy) is 1. The fourth-order valence-corrected chi connectivity index (χ4v) is 0.380. The van der Waals surface area contributed by atoms with Crippen molar-refractivity contribution in [2.45, 2.75) is 6.42 Å². The van der Waals surface area contributed by atoms with E-state index in [4.69, 9.17) is 0 Å². The lowest BCUT2D eigenvalue weighted by Gasteiger charge is -2.01. The molecule has 0 radical (unpaired) electrons. The first kappa shape index (κ1) is 8.97. The van der Waals surface area contributed by atoms with Gasteiger partial charge < -0.3 is 9.62 Å². The van der Waals surface area contributed by atoms with Crippen LogP contribution in [0.25, 0.3) is 0 Å². The van der Waals surface area contributed by atoms with Crippen LogP contribution in [0.2, 0.25) is 0 Å². The molecule has 0 aliphatic heterocycles. The summed E-state index contributed by atoms with van der Waals surface area (Å²) in [5, 5.41) is 0. The molecule has 0 fully saturated rings. The Morgan fingerprint density at radius 3 is 2.50 bits per heavy atom. The third-order valence-electron chi connectivity index (χ3n) is 0.770. The second-order valence-electron chi connectivity index (χ2n) is 1.54. The average molecular weight is 146 g/mol. The van der Waals surface area contributed by atoms with Gasteiger partial charge in [-0.1, -0.05) is 6.58 Å². The van der Waals surface area contributed by atoms with Crippen molar-refractivity contribution in [1.82, 2.24) is 0 Å². The standard InChI is InChI=1S/C6H10O4/c1-5(10-9-3)4-6(7)8-2/h1,4H2,2-3H3. The van der Waals surface area contributed by atoms with E-state index < -0.39 is 5.97 Å². The Hall–Kier alpha value is -1.03. The number of esters is 1. The lowest BCUT2D eigenvalue weighted by atomic mass is 10.4. The van der Waals surface area contributed by atoms with Crippen molar-refractivity contribution in [3.8, 4) is 0 Å². The topological polar surface area (TPSA) is 44.8 Å². The smallest absolute Gasteiger partial charge is 0.313 e. The number of hydrogen-bond donors (Lipinski definition) is 0. The summed E-state index contributed by atoms with van der Waals surface area (Å²) in [6.07, 6.45) is 0.0182. The van der Waals surface area contributed by atoms with Gasteiger partial charge >= 0.3 is 5.97 Å². The molecule has 0 amide bonds. The second kappa shape index (κ2) is 4.81. The Balaban J connectivity index is 3.47. The fourth-order valence-electron chi connectivity index (χ4n) is 0.380. The summed E-state index contributed by atoms with van der Waals surface area (Å²) >= 11 is 0. The van der Waals surface area contributed by atoms with Gasteiger partial charge in [-0.15, -0.1) is 0 Å². The van der Waals surface area contributed by atoms with E-state index in [0.717, 1.165) is 0 Å². The number of hydrogen-bond acceptors (Lipinski definition) is 4. The van der Waals surface area contributed by atoms with Gasteiger partial charge in [-0.25, -0.2) is 0 Å². The zero-order valence-corrected chi connectivity index (χ0v) is 6.05. The van der Waals surface area contributed by atoms with Crippen LogP contribution < -0.4 is 0 Å². The molecule has 0 spiro atoms. The number of rotatable bonds is 4. The lowest BCUT2D eigenvalue weighted by molar-refractivity contribution is -0.239. The molecule has 0 aromatic carbocycles. The van der Waals surface area contributed by atoms with Crippen molar-refractivity contribution in [2.75, 3.05) is 14.2 Å². The maximum atomic E-state index is 10.5. The fraction of sp³-hybridized carbons (Fsp3) is 0.500. The highest BCUT2D eigenvalue weighted by atomic mass is 17.2. The van der Waals surface area contributed by atoms with Crippen LogP contribution in [0.4, 0.5) is 0 Å². The first-order valence-electron chi connectivity index (χ1n) is 2.66. The second-order valence-corrected chi connectivity index (χ2v) is 1.54. The van der Waals surface area contributed by atoms with Crippen LogP contribution in [0.3, 0.4) is 0 Å². The predicted molar refractivity (Wildman–Crippen MR) is 33.9 cm³/mol. The van der Waals surface area contributed by atoms with Gasteiger partial charge in [-0.3, -0.25) is 4.79 Å². The highest BCUT2D eigenvalue weighted by Crippen LogP contribution is 2.00. The summed E-state index contributed by atoms with van der Waals surface area (Å²) < 4.78 is 4.33. The molecule has 0 heterocycles. The van der Waals surface area contributed by atoms with Crippen LogP contribution in [-0.4, -0.2) is 20.2 Å². The quantitative estimate of drug-likeness (QED) is 0.253. The van der Waals surface area contributed by atoms with Crippen LogP contribution in [0.5, 0.6) is 0 Å². The van der Waals surface area contributed by atoms with Crippen LogP contribution in [0.1, 0.15) is 6.42 Å². The monoisotopic (exact) mass is 146 g/mol. The van der Waals surface area contributed by atoms with E-state index in [1.54, 1.807) is 0 Å². The van der Waals surface area contributed by atoms with E-state index in [9.17, 15) is 4.79 Å². The van der Waals surface area contributed by atoms with Crippen molar-refractivity contribution in [2.24, 2.45) is 0 Å². The number of carbonyl (C=O) groups excluding carboxylic acids is 1. The maximum absolute atomic E-state index is 10.5. The molecule has 0 aromatic heterocycles. The predicted octanol–water partition coefficient (Wildman–Crippen LogP) is 0.641. The Morgan fingerprint density at radius 2 is 2.10 bits per heavy atom. The molecule has 0 saturated heterocycles. The minimum absolute atomic E-state index is 0.0182. The van der Waals surface area contributed by atoms with Crippen LogP contribution >= 0.6 is 0 Å². The van der Waals surface area contributed by atoms with Gasteiger partial charge in [-0.2, -0.15) is 4.89 Å². The molecule has 4 heteroatoms. The van der Waals surface area contributed by atoms with Gasteiger partial charge in [0.25, 0.3) is 0 Å². The minimum Gasteiger partial charge on any atom is -0.469 e. The van der Waals surface area contributed by atoms with Gasteiger partial charge in [-0.05, 0) is 0 Å². The van der Waals surface area contributed by atoms with Crippen LogP contribution in [0, 0.1) is 0 Å². The van der Waals surface area contributed by atoms with E-state index in [0.29, 0.717) is 0 Å². The highest BCUT2D eigenvalue weighted by Gasteiger charge is 2.04. The summed E-state index contributed by atoms with van der Waals surface area (Å²) in [5.41, 5.74) is 0. The van der Waals surface area contributed by atoms with Gasteiger partial charge in [0.05, 0.1) is 14.2 Å². The molecule has 0 bridgehead atoms. The zero-order valence-electron chi connectivity index (χ0n) is 6.05. The van der Waals surface area contributed by atoms with Crippen molar-refractivity contribution >= 4 is 5.97 Å². The third kappa shape index (κ3) is 3.91. The van der Waals surface area contributed by atoms with E-state index in [1.807, 2.05) is 0 Å². The molecule has 4 nitrogen and oxygen atoms in total.